The van der Waals surface area contributed by atoms with Crippen LogP contribution in [-0.2, 0) is 10.0 Å². The maximum Gasteiger partial charge on any atom is 0.254 e. The van der Waals surface area contributed by atoms with Gasteiger partial charge in [-0.25, -0.2) is 12.8 Å². The highest BCUT2D eigenvalue weighted by Gasteiger charge is 2.32. The fourth-order valence-electron chi connectivity index (χ4n) is 4.30. The van der Waals surface area contributed by atoms with Gasteiger partial charge in [0.25, 0.3) is 5.91 Å². The molecule has 2 atom stereocenters. The summed E-state index contributed by atoms with van der Waals surface area (Å²) in [4.78, 5) is 12.5. The number of carbonyl (C=O) groups excluding carboxylic acids is 1. The molecule has 2 fully saturated rings. The summed E-state index contributed by atoms with van der Waals surface area (Å²) in [5, 5.41) is 2.86. The number of piperidine rings is 1. The lowest BCUT2D eigenvalue weighted by molar-refractivity contribution is 0.0923. The summed E-state index contributed by atoms with van der Waals surface area (Å²) in [5.74, 6) is -0.671. The van der Waals surface area contributed by atoms with E-state index in [1.54, 1.807) is 0 Å². The second-order valence-electron chi connectivity index (χ2n) is 8.22. The lowest BCUT2D eigenvalue weighted by Crippen LogP contribution is -2.42. The van der Waals surface area contributed by atoms with Crippen LogP contribution in [0.5, 0.6) is 0 Å². The molecular weight excluding hydrogens is 367 g/mol. The zero-order valence-electron chi connectivity index (χ0n) is 16.1. The monoisotopic (exact) mass is 396 g/mol. The van der Waals surface area contributed by atoms with Crippen molar-refractivity contribution in [1.29, 1.82) is 0 Å². The van der Waals surface area contributed by atoms with Gasteiger partial charge in [0.05, 0.1) is 10.5 Å². The van der Waals surface area contributed by atoms with Gasteiger partial charge in [-0.2, -0.15) is 4.31 Å². The molecule has 1 aromatic carbocycles. The molecule has 1 amide bonds. The second-order valence-corrected chi connectivity index (χ2v) is 10.2. The zero-order valence-corrected chi connectivity index (χ0v) is 16.9. The molecule has 1 saturated carbocycles. The molecule has 5 nitrogen and oxygen atoms in total. The number of amides is 1. The Hall–Kier alpha value is -1.47. The predicted molar refractivity (Wildman–Crippen MR) is 102 cm³/mol. The largest absolute Gasteiger partial charge is 0.349 e. The highest BCUT2D eigenvalue weighted by atomic mass is 32.2. The molecule has 1 aliphatic heterocycles. The Bertz CT molecular complexity index is 780. The van der Waals surface area contributed by atoms with Crippen LogP contribution in [0.1, 0.15) is 62.7 Å². The lowest BCUT2D eigenvalue weighted by atomic mass is 9.94. The quantitative estimate of drug-likeness (QED) is 0.846. The Morgan fingerprint density at radius 1 is 1.11 bits per heavy atom. The van der Waals surface area contributed by atoms with Crippen molar-refractivity contribution in [1.82, 2.24) is 9.62 Å². The third-order valence-corrected chi connectivity index (χ3v) is 7.42. The minimum absolute atomic E-state index is 0.0148. The molecule has 1 saturated heterocycles. The highest BCUT2D eigenvalue weighted by molar-refractivity contribution is 7.89. The number of nitrogens with one attached hydrogen (secondary N) is 1. The highest BCUT2D eigenvalue weighted by Crippen LogP contribution is 2.27. The van der Waals surface area contributed by atoms with Crippen molar-refractivity contribution in [3.63, 3.8) is 0 Å². The Balaban J connectivity index is 1.82. The minimum Gasteiger partial charge on any atom is -0.349 e. The molecule has 2 unspecified atom stereocenters. The summed E-state index contributed by atoms with van der Waals surface area (Å²) in [5.41, 5.74) is -0.195. The first-order chi connectivity index (χ1) is 12.8. The number of hydrogen-bond acceptors (Lipinski definition) is 3. The van der Waals surface area contributed by atoms with Crippen molar-refractivity contribution >= 4 is 15.9 Å². The first-order valence-corrected chi connectivity index (χ1v) is 11.3. The minimum atomic E-state index is -3.75. The molecule has 0 bridgehead atoms. The van der Waals surface area contributed by atoms with Gasteiger partial charge in [-0.15, -0.1) is 0 Å². The molecule has 2 aliphatic rings. The topological polar surface area (TPSA) is 66.5 Å². The maximum atomic E-state index is 14.3. The average molecular weight is 397 g/mol. The fraction of sp³-hybridized carbons (Fsp3) is 0.650. The molecule has 0 spiro atoms. The van der Waals surface area contributed by atoms with E-state index in [9.17, 15) is 17.6 Å². The van der Waals surface area contributed by atoms with Crippen LogP contribution < -0.4 is 5.32 Å². The SMILES string of the molecule is CC1CC(C)CN(S(=O)(=O)c2ccc(F)c(C(=O)NC3CCCCC3)c2)C1. The smallest absolute Gasteiger partial charge is 0.254 e. The Morgan fingerprint density at radius 3 is 2.37 bits per heavy atom. The summed E-state index contributed by atoms with van der Waals surface area (Å²) in [7, 11) is -3.75. The van der Waals surface area contributed by atoms with E-state index in [-0.39, 0.29) is 28.3 Å². The van der Waals surface area contributed by atoms with E-state index in [0.717, 1.165) is 44.6 Å². The van der Waals surface area contributed by atoms with E-state index >= 15 is 0 Å². The van der Waals surface area contributed by atoms with Crippen molar-refractivity contribution in [3.8, 4) is 0 Å². The molecule has 0 aromatic heterocycles. The summed E-state index contributed by atoms with van der Waals surface area (Å²) in [6.45, 7) is 4.97. The summed E-state index contributed by atoms with van der Waals surface area (Å²) >= 11 is 0. The van der Waals surface area contributed by atoms with Gasteiger partial charge in [0.1, 0.15) is 5.82 Å². The number of hydrogen-bond donors (Lipinski definition) is 1. The van der Waals surface area contributed by atoms with E-state index in [1.807, 2.05) is 13.8 Å². The van der Waals surface area contributed by atoms with Crippen molar-refractivity contribution in [3.05, 3.63) is 29.6 Å². The van der Waals surface area contributed by atoms with Crippen molar-refractivity contribution in [2.24, 2.45) is 11.8 Å². The molecule has 1 aromatic rings. The second kappa shape index (κ2) is 8.27. The Morgan fingerprint density at radius 2 is 1.74 bits per heavy atom. The molecule has 7 heteroatoms. The molecule has 1 N–H and O–H groups in total. The van der Waals surface area contributed by atoms with Gasteiger partial charge in [-0.3, -0.25) is 4.79 Å². The zero-order chi connectivity index (χ0) is 19.6. The van der Waals surface area contributed by atoms with Gasteiger partial charge in [-0.1, -0.05) is 33.1 Å². The number of halogens is 1. The summed E-state index contributed by atoms with van der Waals surface area (Å²) in [6.07, 6.45) is 6.01. The van der Waals surface area contributed by atoms with Crippen molar-refractivity contribution in [2.45, 2.75) is 63.3 Å². The Labute approximate surface area is 161 Å². The Kier molecular flexibility index (Phi) is 6.21. The van der Waals surface area contributed by atoms with Crippen LogP contribution >= 0.6 is 0 Å². The standard InChI is InChI=1S/C20H29FN2O3S/c1-14-10-15(2)13-23(12-14)27(25,26)17-8-9-19(21)18(11-17)20(24)22-16-6-4-3-5-7-16/h8-9,11,14-16H,3-7,10,12-13H2,1-2H3,(H,22,24). The molecular formula is C20H29FN2O3S. The van der Waals surface area contributed by atoms with Gasteiger partial charge in [0.2, 0.25) is 10.0 Å². The fourth-order valence-corrected chi connectivity index (χ4v) is 6.01. The van der Waals surface area contributed by atoms with E-state index in [0.29, 0.717) is 13.1 Å². The molecule has 3 rings (SSSR count). The van der Waals surface area contributed by atoms with Crippen LogP contribution in [0.2, 0.25) is 0 Å². The molecule has 27 heavy (non-hydrogen) atoms. The average Bonchev–Trinajstić information content (AvgIpc) is 2.62. The lowest BCUT2D eigenvalue weighted by Gasteiger charge is -2.34. The first kappa shape index (κ1) is 20.3. The van der Waals surface area contributed by atoms with E-state index in [2.05, 4.69) is 5.32 Å². The van der Waals surface area contributed by atoms with Gasteiger partial charge in [0, 0.05) is 19.1 Å². The van der Waals surface area contributed by atoms with E-state index in [1.165, 1.54) is 16.4 Å². The van der Waals surface area contributed by atoms with Crippen LogP contribution in [0.25, 0.3) is 0 Å². The molecule has 0 radical (unpaired) electrons. The van der Waals surface area contributed by atoms with Crippen molar-refractivity contribution < 1.29 is 17.6 Å². The van der Waals surface area contributed by atoms with Gasteiger partial charge in [0.15, 0.2) is 0 Å². The van der Waals surface area contributed by atoms with Gasteiger partial charge >= 0.3 is 0 Å². The third-order valence-electron chi connectivity index (χ3n) is 5.60. The predicted octanol–water partition coefficient (Wildman–Crippen LogP) is 3.55. The molecule has 150 valence electrons. The van der Waals surface area contributed by atoms with E-state index < -0.39 is 21.7 Å². The van der Waals surface area contributed by atoms with Gasteiger partial charge < -0.3 is 5.32 Å². The van der Waals surface area contributed by atoms with Crippen LogP contribution in [0.3, 0.4) is 0 Å². The number of benzene rings is 1. The maximum absolute atomic E-state index is 14.3. The molecule has 1 heterocycles. The first-order valence-electron chi connectivity index (χ1n) is 9.88. The number of carbonyl (C=O) groups is 1. The number of nitrogens with zero attached hydrogens (tertiary/aromatic N) is 1. The number of rotatable bonds is 4. The normalized spacial score (nSPS) is 25.3. The van der Waals surface area contributed by atoms with Crippen molar-refractivity contribution in [2.75, 3.05) is 13.1 Å². The van der Waals surface area contributed by atoms with Crippen LogP contribution in [0, 0.1) is 17.7 Å². The third kappa shape index (κ3) is 4.69. The summed E-state index contributed by atoms with van der Waals surface area (Å²) in [6, 6.07) is 3.56. The van der Waals surface area contributed by atoms with Gasteiger partial charge in [-0.05, 0) is 49.3 Å². The van der Waals surface area contributed by atoms with Crippen LogP contribution in [0.4, 0.5) is 4.39 Å². The molecule has 1 aliphatic carbocycles. The number of sulfonamides is 1. The van der Waals surface area contributed by atoms with Crippen LogP contribution in [-0.4, -0.2) is 37.8 Å². The van der Waals surface area contributed by atoms with Crippen LogP contribution in [0.15, 0.2) is 23.1 Å². The van der Waals surface area contributed by atoms with E-state index in [4.69, 9.17) is 0 Å². The summed E-state index contributed by atoms with van der Waals surface area (Å²) < 4.78 is 41.8.